The van der Waals surface area contributed by atoms with Crippen molar-refractivity contribution in [1.29, 1.82) is 0 Å². The predicted octanol–water partition coefficient (Wildman–Crippen LogP) is 4.28. The molecule has 1 N–H and O–H groups in total. The monoisotopic (exact) mass is 252 g/mol. The van der Waals surface area contributed by atoms with E-state index in [1.54, 1.807) is 11.3 Å². The number of benzene rings is 1. The van der Waals surface area contributed by atoms with Crippen LogP contribution in [0.1, 0.15) is 23.5 Å². The number of nitrogens with one attached hydrogen (secondary N) is 1. The lowest BCUT2D eigenvalue weighted by molar-refractivity contribution is 0.890. The van der Waals surface area contributed by atoms with Gasteiger partial charge in [0, 0.05) is 15.6 Å². The van der Waals surface area contributed by atoms with Crippen LogP contribution in [0.5, 0.6) is 0 Å². The topological polar surface area (TPSA) is 24.9 Å². The van der Waals surface area contributed by atoms with E-state index in [0.717, 1.165) is 16.4 Å². The van der Waals surface area contributed by atoms with E-state index >= 15 is 0 Å². The van der Waals surface area contributed by atoms with Gasteiger partial charge in [-0.05, 0) is 38.1 Å². The molecule has 0 saturated heterocycles. The van der Waals surface area contributed by atoms with E-state index in [1.165, 1.54) is 4.88 Å². The van der Waals surface area contributed by atoms with Gasteiger partial charge in [0.2, 0.25) is 0 Å². The van der Waals surface area contributed by atoms with Gasteiger partial charge in [-0.25, -0.2) is 4.98 Å². The van der Waals surface area contributed by atoms with Gasteiger partial charge in [-0.2, -0.15) is 0 Å². The molecule has 2 nitrogen and oxygen atoms in total. The highest BCUT2D eigenvalue weighted by Crippen LogP contribution is 2.25. The number of hydrogen-bond donors (Lipinski definition) is 1. The largest absolute Gasteiger partial charge is 0.378 e. The molecule has 0 aliphatic rings. The molecule has 1 atom stereocenters. The van der Waals surface area contributed by atoms with Gasteiger partial charge in [0.25, 0.3) is 0 Å². The second kappa shape index (κ2) is 4.85. The standard InChI is InChI=1S/C12H13ClN2S/c1-8-12(16-7-14-8)9(2)15-11-5-3-10(13)4-6-11/h3-7,9,15H,1-2H3. The third kappa shape index (κ3) is 2.54. The van der Waals surface area contributed by atoms with Crippen LogP contribution in [0.25, 0.3) is 0 Å². The van der Waals surface area contributed by atoms with E-state index in [2.05, 4.69) is 17.2 Å². The van der Waals surface area contributed by atoms with Gasteiger partial charge in [-0.1, -0.05) is 11.6 Å². The molecule has 1 unspecified atom stereocenters. The molecular weight excluding hydrogens is 240 g/mol. The van der Waals surface area contributed by atoms with Crippen molar-refractivity contribution in [1.82, 2.24) is 4.98 Å². The molecule has 1 aromatic heterocycles. The summed E-state index contributed by atoms with van der Waals surface area (Å²) in [6.07, 6.45) is 0. The molecule has 16 heavy (non-hydrogen) atoms. The van der Waals surface area contributed by atoms with Crippen molar-refractivity contribution in [3.05, 3.63) is 45.4 Å². The molecule has 1 heterocycles. The quantitative estimate of drug-likeness (QED) is 0.882. The number of hydrogen-bond acceptors (Lipinski definition) is 3. The number of anilines is 1. The van der Waals surface area contributed by atoms with Gasteiger partial charge >= 0.3 is 0 Å². The van der Waals surface area contributed by atoms with Crippen LogP contribution in [0.3, 0.4) is 0 Å². The molecule has 1 aromatic carbocycles. The third-order valence-corrected chi connectivity index (χ3v) is 3.77. The highest BCUT2D eigenvalue weighted by Gasteiger charge is 2.10. The maximum absolute atomic E-state index is 5.84. The number of thiazole rings is 1. The third-order valence-electron chi connectivity index (χ3n) is 2.40. The van der Waals surface area contributed by atoms with Gasteiger partial charge in [0.1, 0.15) is 0 Å². The summed E-state index contributed by atoms with van der Waals surface area (Å²) >= 11 is 7.52. The van der Waals surface area contributed by atoms with E-state index in [9.17, 15) is 0 Å². The van der Waals surface area contributed by atoms with Crippen LogP contribution < -0.4 is 5.32 Å². The Morgan fingerprint density at radius 2 is 2.00 bits per heavy atom. The highest BCUT2D eigenvalue weighted by atomic mass is 35.5. The molecule has 84 valence electrons. The van der Waals surface area contributed by atoms with Crippen LogP contribution in [0.4, 0.5) is 5.69 Å². The average Bonchev–Trinajstić information content (AvgIpc) is 2.68. The summed E-state index contributed by atoms with van der Waals surface area (Å²) in [6, 6.07) is 8.00. The molecule has 4 heteroatoms. The first-order valence-corrected chi connectivity index (χ1v) is 6.34. The molecule has 2 rings (SSSR count). The van der Waals surface area contributed by atoms with Crippen LogP contribution in [0, 0.1) is 6.92 Å². The fourth-order valence-corrected chi connectivity index (χ4v) is 2.52. The second-order valence-electron chi connectivity index (χ2n) is 3.67. The molecule has 2 aromatic rings. The predicted molar refractivity (Wildman–Crippen MR) is 70.3 cm³/mol. The van der Waals surface area contributed by atoms with Crippen LogP contribution in [-0.4, -0.2) is 4.98 Å². The Bertz CT molecular complexity index is 464. The van der Waals surface area contributed by atoms with Gasteiger partial charge in [-0.15, -0.1) is 11.3 Å². The normalized spacial score (nSPS) is 12.4. The van der Waals surface area contributed by atoms with E-state index in [4.69, 9.17) is 11.6 Å². The Morgan fingerprint density at radius 3 is 2.56 bits per heavy atom. The lowest BCUT2D eigenvalue weighted by Crippen LogP contribution is -2.05. The van der Waals surface area contributed by atoms with Crippen molar-refractivity contribution in [2.45, 2.75) is 19.9 Å². The SMILES string of the molecule is Cc1ncsc1C(C)Nc1ccc(Cl)cc1. The summed E-state index contributed by atoms with van der Waals surface area (Å²) in [5.74, 6) is 0. The number of aromatic nitrogens is 1. The Labute approximate surface area is 104 Å². The Hall–Kier alpha value is -1.06. The summed E-state index contributed by atoms with van der Waals surface area (Å²) in [6.45, 7) is 4.17. The highest BCUT2D eigenvalue weighted by molar-refractivity contribution is 7.09. The van der Waals surface area contributed by atoms with Gasteiger partial charge < -0.3 is 5.32 Å². The van der Waals surface area contributed by atoms with E-state index in [0.29, 0.717) is 0 Å². The fourth-order valence-electron chi connectivity index (χ4n) is 1.59. The summed E-state index contributed by atoms with van der Waals surface area (Å²) in [5.41, 5.74) is 4.05. The summed E-state index contributed by atoms with van der Waals surface area (Å²) < 4.78 is 0. The zero-order valence-electron chi connectivity index (χ0n) is 9.20. The van der Waals surface area contributed by atoms with E-state index < -0.39 is 0 Å². The summed E-state index contributed by atoms with van der Waals surface area (Å²) in [5, 5.41) is 4.18. The number of nitrogens with zero attached hydrogens (tertiary/aromatic N) is 1. The maximum Gasteiger partial charge on any atom is 0.0798 e. The van der Waals surface area contributed by atoms with Crippen LogP contribution in [0.15, 0.2) is 29.8 Å². The van der Waals surface area contributed by atoms with Crippen LogP contribution in [0.2, 0.25) is 5.02 Å². The first kappa shape index (κ1) is 11.4. The van der Waals surface area contributed by atoms with Crippen molar-refractivity contribution in [2.75, 3.05) is 5.32 Å². The molecular formula is C12H13ClN2S. The molecule has 0 fully saturated rings. The average molecular weight is 253 g/mol. The molecule has 0 spiro atoms. The molecule has 0 radical (unpaired) electrons. The summed E-state index contributed by atoms with van der Waals surface area (Å²) in [4.78, 5) is 5.52. The minimum atomic E-state index is 0.272. The Balaban J connectivity index is 2.10. The van der Waals surface area contributed by atoms with Gasteiger partial charge in [0.15, 0.2) is 0 Å². The van der Waals surface area contributed by atoms with E-state index in [1.807, 2.05) is 36.7 Å². The first-order chi connectivity index (χ1) is 7.66. The smallest absolute Gasteiger partial charge is 0.0798 e. The van der Waals surface area contributed by atoms with E-state index in [-0.39, 0.29) is 6.04 Å². The van der Waals surface area contributed by atoms with Crippen molar-refractivity contribution < 1.29 is 0 Å². The minimum Gasteiger partial charge on any atom is -0.378 e. The van der Waals surface area contributed by atoms with Crippen LogP contribution >= 0.6 is 22.9 Å². The first-order valence-electron chi connectivity index (χ1n) is 5.09. The van der Waals surface area contributed by atoms with Crippen molar-refractivity contribution >= 4 is 28.6 Å². The zero-order valence-corrected chi connectivity index (χ0v) is 10.8. The van der Waals surface area contributed by atoms with Crippen LogP contribution in [-0.2, 0) is 0 Å². The Morgan fingerprint density at radius 1 is 1.31 bits per heavy atom. The van der Waals surface area contributed by atoms with Gasteiger partial charge in [0.05, 0.1) is 17.2 Å². The molecule has 0 amide bonds. The molecule has 0 bridgehead atoms. The van der Waals surface area contributed by atoms with Gasteiger partial charge in [-0.3, -0.25) is 0 Å². The molecule has 0 aliphatic heterocycles. The maximum atomic E-state index is 5.84. The van der Waals surface area contributed by atoms with Crippen molar-refractivity contribution in [2.24, 2.45) is 0 Å². The second-order valence-corrected chi connectivity index (χ2v) is 5.00. The molecule has 0 saturated carbocycles. The van der Waals surface area contributed by atoms with Crippen molar-refractivity contribution in [3.63, 3.8) is 0 Å². The number of rotatable bonds is 3. The number of halogens is 1. The zero-order chi connectivity index (χ0) is 11.5. The molecule has 0 aliphatic carbocycles. The van der Waals surface area contributed by atoms with Crippen molar-refractivity contribution in [3.8, 4) is 0 Å². The lowest BCUT2D eigenvalue weighted by Gasteiger charge is -2.14. The Kier molecular flexibility index (Phi) is 3.46. The minimum absolute atomic E-state index is 0.272. The lowest BCUT2D eigenvalue weighted by atomic mass is 10.2. The number of aryl methyl sites for hydroxylation is 1. The summed E-state index contributed by atoms with van der Waals surface area (Å²) in [7, 11) is 0. The fraction of sp³-hybridized carbons (Fsp3) is 0.250.